The quantitative estimate of drug-likeness (QED) is 0.529. The molecule has 1 heteroatoms. The average molecular weight is 163 g/mol. The summed E-state index contributed by atoms with van der Waals surface area (Å²) < 4.78 is 80.8. The Morgan fingerprint density at radius 1 is 1.45 bits per heavy atom. The zero-order valence-electron chi connectivity index (χ0n) is 16.9. The minimum Gasteiger partial charge on any atom is -0.295 e. The molecule has 2 fully saturated rings. The van der Waals surface area contributed by atoms with E-state index in [1.54, 1.807) is 0 Å². The van der Waals surface area contributed by atoms with Crippen LogP contribution in [0.1, 0.15) is 53.6 Å². The van der Waals surface area contributed by atoms with E-state index in [4.69, 9.17) is 13.7 Å². The van der Waals surface area contributed by atoms with Crippen LogP contribution >= 0.6 is 0 Å². The largest absolute Gasteiger partial charge is 0.295 e. The normalized spacial score (nSPS) is 83.5. The zero-order chi connectivity index (χ0) is 17.1. The molecule has 2 atom stereocenters. The summed E-state index contributed by atoms with van der Waals surface area (Å²) in [6.07, 6.45) is -9.25. The predicted molar refractivity (Wildman–Crippen MR) is 47.6 cm³/mol. The van der Waals surface area contributed by atoms with Crippen LogP contribution < -0.4 is 0 Å². The molecule has 1 saturated heterocycles. The van der Waals surface area contributed by atoms with Crippen LogP contribution in [-0.4, -0.2) is 23.0 Å². The van der Waals surface area contributed by atoms with Crippen LogP contribution in [-0.2, 0) is 0 Å². The molecule has 0 aromatic heterocycles. The maximum atomic E-state index is 8.40. The van der Waals surface area contributed by atoms with Crippen molar-refractivity contribution in [3.05, 3.63) is 0 Å². The lowest BCUT2D eigenvalue weighted by Crippen LogP contribution is -2.45. The minimum absolute atomic E-state index is 0.682. The summed E-state index contributed by atoms with van der Waals surface area (Å²) in [6, 6.07) is -2.85. The van der Waals surface area contributed by atoms with Crippen LogP contribution in [0.5, 0.6) is 0 Å². The second-order valence-electron chi connectivity index (χ2n) is 3.72. The Morgan fingerprint density at radius 3 is 2.73 bits per heavy atom. The lowest BCUT2D eigenvalue weighted by Gasteiger charge is -2.38. The third-order valence-electron chi connectivity index (χ3n) is 1.67. The molecule has 64 valence electrons. The van der Waals surface area contributed by atoms with Gasteiger partial charge in [-0.2, -0.15) is 0 Å². The van der Waals surface area contributed by atoms with Crippen LogP contribution in [0.2, 0.25) is 0 Å². The number of nitrogens with zero attached hydrogens (tertiary/aromatic N) is 1. The summed E-state index contributed by atoms with van der Waals surface area (Å²) >= 11 is 0. The second-order valence-corrected chi connectivity index (χ2v) is 3.72. The second kappa shape index (κ2) is 2.22. The van der Waals surface area contributed by atoms with Gasteiger partial charge >= 0.3 is 0 Å². The van der Waals surface area contributed by atoms with Crippen molar-refractivity contribution in [2.24, 2.45) is 5.89 Å². The summed E-state index contributed by atoms with van der Waals surface area (Å²) in [6.45, 7) is 1.64. The number of likely N-dealkylation sites (tertiary alicyclic amines) is 1. The fraction of sp³-hybridized carbons (Fsp3) is 1.00. The van der Waals surface area contributed by atoms with Gasteiger partial charge < -0.3 is 0 Å². The highest BCUT2D eigenvalue weighted by Crippen LogP contribution is 2.40. The monoisotopic (exact) mass is 163 g/mol. The van der Waals surface area contributed by atoms with Gasteiger partial charge in [-0.25, -0.2) is 0 Å². The topological polar surface area (TPSA) is 3.24 Å². The standard InChI is InChI=1S/C10H19N/c1-10(2,3)11-7-8-4-5-9(11)6-8/h8-9H,4-7H2,1-3H3/t8-,9+/m0/s1/i4D2,5D2,6D2,7D2,8D,9D. The van der Waals surface area contributed by atoms with E-state index in [9.17, 15) is 0 Å². The first-order chi connectivity index (χ1) is 8.87. The van der Waals surface area contributed by atoms with Gasteiger partial charge in [0.05, 0.1) is 0 Å². The van der Waals surface area contributed by atoms with Gasteiger partial charge in [-0.3, -0.25) is 4.90 Å². The van der Waals surface area contributed by atoms with Gasteiger partial charge in [0.2, 0.25) is 0 Å². The molecule has 1 heterocycles. The molecular weight excluding hydrogens is 134 g/mol. The molecule has 1 aliphatic carbocycles. The molecule has 0 unspecified atom stereocenters. The van der Waals surface area contributed by atoms with E-state index in [1.807, 2.05) is 0 Å². The van der Waals surface area contributed by atoms with Crippen molar-refractivity contribution in [2.45, 2.75) is 51.4 Å². The smallest absolute Gasteiger partial charge is 0.0467 e. The summed E-state index contributed by atoms with van der Waals surface area (Å²) in [4.78, 5) is 0.682. The van der Waals surface area contributed by atoms with Gasteiger partial charge in [0.15, 0.2) is 0 Å². The highest BCUT2D eigenvalue weighted by molar-refractivity contribution is 4.96. The predicted octanol–water partition coefficient (Wildman–Crippen LogP) is 2.27. The third kappa shape index (κ3) is 1.20. The number of hydrogen-bond acceptors (Lipinski definition) is 1. The van der Waals surface area contributed by atoms with Crippen molar-refractivity contribution in [1.29, 1.82) is 0 Å². The minimum atomic E-state index is -3.16. The first kappa shape index (κ1) is 2.25. The fourth-order valence-electron chi connectivity index (χ4n) is 1.14. The Morgan fingerprint density at radius 2 is 2.18 bits per heavy atom. The molecule has 1 nitrogen and oxygen atoms in total. The van der Waals surface area contributed by atoms with E-state index in [0.717, 1.165) is 0 Å². The third-order valence-corrected chi connectivity index (χ3v) is 1.67. The van der Waals surface area contributed by atoms with Crippen molar-refractivity contribution in [3.63, 3.8) is 0 Å². The van der Waals surface area contributed by atoms with Gasteiger partial charge in [-0.05, 0) is 45.8 Å². The molecule has 0 N–H and O–H groups in total. The van der Waals surface area contributed by atoms with Gasteiger partial charge in [-0.1, -0.05) is 0 Å². The van der Waals surface area contributed by atoms with Crippen molar-refractivity contribution in [3.8, 4) is 0 Å². The molecule has 2 bridgehead atoms. The molecule has 0 spiro atoms. The Kier molecular flexibility index (Phi) is 0.456. The highest BCUT2D eigenvalue weighted by Gasteiger charge is 2.42. The van der Waals surface area contributed by atoms with Gasteiger partial charge in [0.1, 0.15) is 0 Å². The molecule has 0 radical (unpaired) electrons. The van der Waals surface area contributed by atoms with Crippen molar-refractivity contribution in [1.82, 2.24) is 4.90 Å². The molecule has 1 saturated carbocycles. The molecule has 2 aliphatic rings. The van der Waals surface area contributed by atoms with Crippen molar-refractivity contribution in [2.75, 3.05) is 6.50 Å². The van der Waals surface area contributed by atoms with E-state index in [-0.39, 0.29) is 0 Å². The Labute approximate surface area is 83.8 Å². The van der Waals surface area contributed by atoms with Crippen LogP contribution in [0.4, 0.5) is 0 Å². The first-order valence-corrected chi connectivity index (χ1v) is 3.67. The lowest BCUT2D eigenvalue weighted by molar-refractivity contribution is 0.0974. The van der Waals surface area contributed by atoms with Gasteiger partial charge in [0.25, 0.3) is 0 Å². The van der Waals surface area contributed by atoms with E-state index >= 15 is 0 Å². The maximum Gasteiger partial charge on any atom is 0.0467 e. The highest BCUT2D eigenvalue weighted by atomic mass is 15.2. The Balaban J connectivity index is 2.95. The molecule has 2 rings (SSSR count). The van der Waals surface area contributed by atoms with Crippen molar-refractivity contribution >= 4 is 0 Å². The van der Waals surface area contributed by atoms with Crippen LogP contribution in [0.25, 0.3) is 0 Å². The van der Waals surface area contributed by atoms with Gasteiger partial charge in [0, 0.05) is 31.8 Å². The number of rotatable bonds is 0. The molecule has 0 aromatic rings. The Hall–Kier alpha value is -0.0400. The van der Waals surface area contributed by atoms with E-state index in [0.29, 0.717) is 4.90 Å². The fourth-order valence-corrected chi connectivity index (χ4v) is 1.14. The molecular formula is C10H19N. The van der Waals surface area contributed by atoms with E-state index in [2.05, 4.69) is 0 Å². The summed E-state index contributed by atoms with van der Waals surface area (Å²) in [5.74, 6) is -3.06. The number of hydrogen-bond donors (Lipinski definition) is 0. The van der Waals surface area contributed by atoms with Crippen LogP contribution in [0.3, 0.4) is 0 Å². The number of piperidine rings is 1. The molecule has 11 heavy (non-hydrogen) atoms. The lowest BCUT2D eigenvalue weighted by atomic mass is 10.0. The summed E-state index contributed by atoms with van der Waals surface area (Å²) in [7, 11) is 0. The van der Waals surface area contributed by atoms with E-state index < -0.39 is 43.1 Å². The Bertz CT molecular complexity index is 495. The average Bonchev–Trinajstić information content (AvgIpc) is 2.34. The maximum absolute atomic E-state index is 8.40. The first-order valence-electron chi connectivity index (χ1n) is 8.67. The SMILES string of the molecule is [2H]C1([2H])C([2H])([2H])[C@]2([2H])C([2H])([2H])N(C(C)(C)C)[C@@]1([2H])C2([2H])[2H]. The zero-order valence-corrected chi connectivity index (χ0v) is 6.95. The summed E-state index contributed by atoms with van der Waals surface area (Å²) in [5.41, 5.74) is -1.16. The molecule has 0 aromatic carbocycles. The van der Waals surface area contributed by atoms with Gasteiger partial charge in [-0.15, -0.1) is 0 Å². The van der Waals surface area contributed by atoms with E-state index in [1.165, 1.54) is 20.8 Å². The van der Waals surface area contributed by atoms with Crippen molar-refractivity contribution < 1.29 is 13.7 Å². The van der Waals surface area contributed by atoms with Crippen LogP contribution in [0, 0.1) is 5.89 Å². The molecule has 0 amide bonds. The van der Waals surface area contributed by atoms with Crippen LogP contribution in [0.15, 0.2) is 0 Å². The molecule has 1 aliphatic heterocycles. The number of fused-ring (bicyclic) bond motifs is 2. The summed E-state index contributed by atoms with van der Waals surface area (Å²) in [5, 5.41) is 0.